The fraction of sp³-hybridized carbons (Fsp3) is 0.667. The summed E-state index contributed by atoms with van der Waals surface area (Å²) in [6, 6.07) is 6.31. The first-order valence-corrected chi connectivity index (χ1v) is 7.19. The summed E-state index contributed by atoms with van der Waals surface area (Å²) in [6.45, 7) is 8.89. The number of hydrogen-bond donors (Lipinski definition) is 1. The average Bonchev–Trinajstić information content (AvgIpc) is 2.39. The topological polar surface area (TPSA) is 28.2 Å². The molecule has 1 N–H and O–H groups in total. The normalized spacial score (nSPS) is 19.8. The molecule has 3 nitrogen and oxygen atoms in total. The summed E-state index contributed by atoms with van der Waals surface area (Å²) in [4.78, 5) is 7.11. The second kappa shape index (κ2) is 6.74. The minimum Gasteiger partial charge on any atom is -0.356 e. The van der Waals surface area contributed by atoms with Gasteiger partial charge in [-0.3, -0.25) is 0 Å². The molecule has 100 valence electrons. The lowest BCUT2D eigenvalue weighted by Gasteiger charge is -2.31. The van der Waals surface area contributed by atoms with Crippen LogP contribution in [0.2, 0.25) is 0 Å². The van der Waals surface area contributed by atoms with E-state index in [0.29, 0.717) is 0 Å². The Morgan fingerprint density at radius 3 is 3.00 bits per heavy atom. The molecule has 2 heterocycles. The summed E-state index contributed by atoms with van der Waals surface area (Å²) in [7, 11) is 0. The lowest BCUT2D eigenvalue weighted by atomic mass is 9.99. The molecule has 2 rings (SSSR count). The van der Waals surface area contributed by atoms with Crippen molar-refractivity contribution in [2.24, 2.45) is 5.92 Å². The van der Waals surface area contributed by atoms with Gasteiger partial charge in [0.25, 0.3) is 0 Å². The molecule has 0 saturated carbocycles. The minimum absolute atomic E-state index is 0.771. The molecule has 0 spiro atoms. The lowest BCUT2D eigenvalue weighted by Crippen LogP contribution is -2.39. The quantitative estimate of drug-likeness (QED) is 0.867. The maximum atomic E-state index is 4.66. The Morgan fingerprint density at radius 1 is 1.44 bits per heavy atom. The Kier molecular flexibility index (Phi) is 5.00. The molecule has 18 heavy (non-hydrogen) atoms. The average molecular weight is 247 g/mol. The largest absolute Gasteiger partial charge is 0.356 e. The summed E-state index contributed by atoms with van der Waals surface area (Å²) >= 11 is 0. The zero-order valence-electron chi connectivity index (χ0n) is 11.7. The number of hydrogen-bond acceptors (Lipinski definition) is 3. The number of aromatic nitrogens is 1. The molecule has 1 atom stereocenters. The Hall–Kier alpha value is -1.09. The molecule has 1 aromatic heterocycles. The van der Waals surface area contributed by atoms with E-state index in [2.05, 4.69) is 47.2 Å². The van der Waals surface area contributed by atoms with Crippen LogP contribution in [0.5, 0.6) is 0 Å². The third-order valence-corrected chi connectivity index (χ3v) is 3.57. The van der Waals surface area contributed by atoms with Crippen LogP contribution in [0, 0.1) is 12.8 Å². The summed E-state index contributed by atoms with van der Waals surface area (Å²) in [6.07, 6.45) is 3.83. The number of pyridine rings is 1. The first-order chi connectivity index (χ1) is 8.79. The Balaban J connectivity index is 2.02. The van der Waals surface area contributed by atoms with E-state index in [1.807, 2.05) is 0 Å². The molecule has 0 radical (unpaired) electrons. The van der Waals surface area contributed by atoms with E-state index in [0.717, 1.165) is 37.1 Å². The molecule has 1 aliphatic heterocycles. The first kappa shape index (κ1) is 13.3. The number of nitrogens with zero attached hydrogens (tertiary/aromatic N) is 2. The molecule has 0 aliphatic carbocycles. The molecule has 1 aromatic rings. The Bertz CT molecular complexity index is 359. The van der Waals surface area contributed by atoms with Crippen molar-refractivity contribution in [3.8, 4) is 0 Å². The van der Waals surface area contributed by atoms with Gasteiger partial charge in [0.15, 0.2) is 0 Å². The van der Waals surface area contributed by atoms with Gasteiger partial charge in [-0.2, -0.15) is 0 Å². The Morgan fingerprint density at radius 2 is 2.33 bits per heavy atom. The van der Waals surface area contributed by atoms with Crippen LogP contribution in [0.25, 0.3) is 0 Å². The zero-order valence-corrected chi connectivity index (χ0v) is 11.7. The maximum absolute atomic E-state index is 4.66. The summed E-state index contributed by atoms with van der Waals surface area (Å²) in [5, 5.41) is 3.50. The second-order valence-electron chi connectivity index (χ2n) is 5.30. The molecule has 0 amide bonds. The van der Waals surface area contributed by atoms with Crippen LogP contribution in [-0.2, 0) is 0 Å². The third kappa shape index (κ3) is 3.70. The van der Waals surface area contributed by atoms with Crippen LogP contribution in [0.3, 0.4) is 0 Å². The monoisotopic (exact) mass is 247 g/mol. The van der Waals surface area contributed by atoms with Gasteiger partial charge in [-0.15, -0.1) is 0 Å². The SMILES string of the molecule is CCCN(CC1CCCNC1)c1cccc(C)n1. The van der Waals surface area contributed by atoms with Crippen molar-refractivity contribution in [1.82, 2.24) is 10.3 Å². The van der Waals surface area contributed by atoms with Crippen molar-refractivity contribution in [3.05, 3.63) is 23.9 Å². The van der Waals surface area contributed by atoms with E-state index in [-0.39, 0.29) is 0 Å². The zero-order chi connectivity index (χ0) is 12.8. The summed E-state index contributed by atoms with van der Waals surface area (Å²) in [5.41, 5.74) is 1.11. The van der Waals surface area contributed by atoms with Crippen LogP contribution >= 0.6 is 0 Å². The minimum atomic E-state index is 0.771. The highest BCUT2D eigenvalue weighted by Gasteiger charge is 2.17. The van der Waals surface area contributed by atoms with E-state index in [9.17, 15) is 0 Å². The Labute approximate surface area is 111 Å². The fourth-order valence-electron chi connectivity index (χ4n) is 2.67. The van der Waals surface area contributed by atoms with E-state index in [1.54, 1.807) is 0 Å². The molecule has 3 heteroatoms. The van der Waals surface area contributed by atoms with Crippen molar-refractivity contribution in [1.29, 1.82) is 0 Å². The number of aryl methyl sites for hydroxylation is 1. The molecule has 1 fully saturated rings. The van der Waals surface area contributed by atoms with E-state index < -0.39 is 0 Å². The van der Waals surface area contributed by atoms with Gasteiger partial charge in [0.05, 0.1) is 0 Å². The third-order valence-electron chi connectivity index (χ3n) is 3.57. The van der Waals surface area contributed by atoms with Crippen LogP contribution < -0.4 is 10.2 Å². The van der Waals surface area contributed by atoms with E-state index in [1.165, 1.54) is 25.8 Å². The molecule has 0 aromatic carbocycles. The van der Waals surface area contributed by atoms with Gasteiger partial charge in [0, 0.05) is 18.8 Å². The van der Waals surface area contributed by atoms with Gasteiger partial charge in [-0.1, -0.05) is 13.0 Å². The van der Waals surface area contributed by atoms with Crippen molar-refractivity contribution in [3.63, 3.8) is 0 Å². The standard InChI is InChI=1S/C15H25N3/c1-3-10-18(12-14-7-5-9-16-11-14)15-8-4-6-13(2)17-15/h4,6,8,14,16H,3,5,7,9-12H2,1-2H3. The van der Waals surface area contributed by atoms with E-state index >= 15 is 0 Å². The number of piperidine rings is 1. The van der Waals surface area contributed by atoms with Gasteiger partial charge >= 0.3 is 0 Å². The van der Waals surface area contributed by atoms with Crippen molar-refractivity contribution < 1.29 is 0 Å². The number of nitrogens with one attached hydrogen (secondary N) is 1. The van der Waals surface area contributed by atoms with Gasteiger partial charge < -0.3 is 10.2 Å². The highest BCUT2D eigenvalue weighted by molar-refractivity contribution is 5.39. The molecular formula is C15H25N3. The molecule has 1 aliphatic rings. The van der Waals surface area contributed by atoms with Crippen molar-refractivity contribution in [2.75, 3.05) is 31.1 Å². The smallest absolute Gasteiger partial charge is 0.128 e. The molecule has 1 saturated heterocycles. The predicted octanol–water partition coefficient (Wildman–Crippen LogP) is 2.61. The lowest BCUT2D eigenvalue weighted by molar-refractivity contribution is 0.376. The predicted molar refractivity (Wildman–Crippen MR) is 77.1 cm³/mol. The van der Waals surface area contributed by atoms with E-state index in [4.69, 9.17) is 0 Å². The van der Waals surface area contributed by atoms with Crippen molar-refractivity contribution in [2.45, 2.75) is 33.1 Å². The van der Waals surface area contributed by atoms with Gasteiger partial charge in [-0.25, -0.2) is 4.98 Å². The maximum Gasteiger partial charge on any atom is 0.128 e. The molecule has 0 bridgehead atoms. The highest BCUT2D eigenvalue weighted by Crippen LogP contribution is 2.17. The summed E-state index contributed by atoms with van der Waals surface area (Å²) < 4.78 is 0. The van der Waals surface area contributed by atoms with Crippen LogP contribution in [0.15, 0.2) is 18.2 Å². The number of rotatable bonds is 5. The van der Waals surface area contributed by atoms with Crippen LogP contribution in [-0.4, -0.2) is 31.2 Å². The highest BCUT2D eigenvalue weighted by atomic mass is 15.2. The van der Waals surface area contributed by atoms with Gasteiger partial charge in [0.2, 0.25) is 0 Å². The number of anilines is 1. The summed E-state index contributed by atoms with van der Waals surface area (Å²) in [5.74, 6) is 1.91. The fourth-order valence-corrected chi connectivity index (χ4v) is 2.67. The first-order valence-electron chi connectivity index (χ1n) is 7.19. The molecular weight excluding hydrogens is 222 g/mol. The van der Waals surface area contributed by atoms with Crippen LogP contribution in [0.1, 0.15) is 31.9 Å². The van der Waals surface area contributed by atoms with Gasteiger partial charge in [0.1, 0.15) is 5.82 Å². The van der Waals surface area contributed by atoms with Crippen molar-refractivity contribution >= 4 is 5.82 Å². The van der Waals surface area contributed by atoms with Gasteiger partial charge in [-0.05, 0) is 57.3 Å². The molecule has 1 unspecified atom stereocenters. The van der Waals surface area contributed by atoms with Crippen LogP contribution in [0.4, 0.5) is 5.82 Å². The second-order valence-corrected chi connectivity index (χ2v) is 5.30.